The monoisotopic (exact) mass is 311 g/mol. The van der Waals surface area contributed by atoms with Gasteiger partial charge in [0.1, 0.15) is 17.2 Å². The summed E-state index contributed by atoms with van der Waals surface area (Å²) in [6.07, 6.45) is 0. The van der Waals surface area contributed by atoms with E-state index in [-0.39, 0.29) is 5.78 Å². The molecule has 0 atom stereocenters. The molecule has 0 fully saturated rings. The van der Waals surface area contributed by atoms with Crippen LogP contribution < -0.4 is 14.2 Å². The number of carbonyl (C=O) groups is 1. The highest BCUT2D eigenvalue weighted by Gasteiger charge is 2.15. The SMILES string of the molecule is COc1cc(OC)cc(C(=O)c2cc3cc(OC)ccc3[nH]2)c1. The molecule has 0 unspecified atom stereocenters. The number of ether oxygens (including phenoxy) is 3. The van der Waals surface area contributed by atoms with Crippen LogP contribution in [0.3, 0.4) is 0 Å². The number of fused-ring (bicyclic) bond motifs is 1. The van der Waals surface area contributed by atoms with E-state index in [1.54, 1.807) is 39.5 Å². The van der Waals surface area contributed by atoms with Crippen molar-refractivity contribution in [1.29, 1.82) is 0 Å². The zero-order chi connectivity index (χ0) is 16.4. The summed E-state index contributed by atoms with van der Waals surface area (Å²) in [4.78, 5) is 15.9. The predicted octanol–water partition coefficient (Wildman–Crippen LogP) is 3.42. The van der Waals surface area contributed by atoms with Crippen LogP contribution in [-0.2, 0) is 0 Å². The van der Waals surface area contributed by atoms with Crippen LogP contribution in [-0.4, -0.2) is 32.1 Å². The second-order valence-corrected chi connectivity index (χ2v) is 5.07. The van der Waals surface area contributed by atoms with Crippen LogP contribution in [0.5, 0.6) is 17.2 Å². The van der Waals surface area contributed by atoms with E-state index < -0.39 is 0 Å². The minimum absolute atomic E-state index is 0.127. The van der Waals surface area contributed by atoms with E-state index in [4.69, 9.17) is 14.2 Å². The topological polar surface area (TPSA) is 60.6 Å². The fraction of sp³-hybridized carbons (Fsp3) is 0.167. The minimum atomic E-state index is -0.127. The highest BCUT2D eigenvalue weighted by atomic mass is 16.5. The molecule has 3 aromatic rings. The van der Waals surface area contributed by atoms with E-state index in [9.17, 15) is 4.79 Å². The van der Waals surface area contributed by atoms with Crippen LogP contribution in [0, 0.1) is 0 Å². The van der Waals surface area contributed by atoms with Crippen molar-refractivity contribution in [3.8, 4) is 17.2 Å². The van der Waals surface area contributed by atoms with Crippen molar-refractivity contribution in [3.63, 3.8) is 0 Å². The van der Waals surface area contributed by atoms with Gasteiger partial charge < -0.3 is 19.2 Å². The summed E-state index contributed by atoms with van der Waals surface area (Å²) in [7, 11) is 4.72. The molecule has 1 N–H and O–H groups in total. The van der Waals surface area contributed by atoms with Crippen LogP contribution in [0.15, 0.2) is 42.5 Å². The molecule has 0 spiro atoms. The quantitative estimate of drug-likeness (QED) is 0.733. The number of carbonyl (C=O) groups excluding carboxylic acids is 1. The Morgan fingerprint density at radius 3 is 2.09 bits per heavy atom. The molecule has 5 heteroatoms. The molecule has 0 amide bonds. The van der Waals surface area contributed by atoms with Crippen LogP contribution in [0.25, 0.3) is 10.9 Å². The number of aromatic amines is 1. The van der Waals surface area contributed by atoms with Crippen molar-refractivity contribution >= 4 is 16.7 Å². The van der Waals surface area contributed by atoms with E-state index in [0.29, 0.717) is 22.8 Å². The van der Waals surface area contributed by atoms with Gasteiger partial charge in [-0.2, -0.15) is 0 Å². The summed E-state index contributed by atoms with van der Waals surface area (Å²) >= 11 is 0. The van der Waals surface area contributed by atoms with E-state index >= 15 is 0 Å². The van der Waals surface area contributed by atoms with Crippen molar-refractivity contribution < 1.29 is 19.0 Å². The fourth-order valence-electron chi connectivity index (χ4n) is 2.45. The summed E-state index contributed by atoms with van der Waals surface area (Å²) in [5, 5.41) is 0.919. The average Bonchev–Trinajstić information content (AvgIpc) is 3.03. The summed E-state index contributed by atoms with van der Waals surface area (Å²) in [6, 6.07) is 12.5. The Balaban J connectivity index is 2.02. The van der Waals surface area contributed by atoms with Gasteiger partial charge in [0, 0.05) is 22.5 Å². The van der Waals surface area contributed by atoms with Gasteiger partial charge in [-0.1, -0.05) is 0 Å². The molecule has 23 heavy (non-hydrogen) atoms. The number of benzene rings is 2. The highest BCUT2D eigenvalue weighted by Crippen LogP contribution is 2.26. The first-order valence-electron chi connectivity index (χ1n) is 7.09. The van der Waals surface area contributed by atoms with E-state index in [0.717, 1.165) is 16.7 Å². The first-order valence-corrected chi connectivity index (χ1v) is 7.09. The number of ketones is 1. The van der Waals surface area contributed by atoms with Gasteiger partial charge in [-0.05, 0) is 36.4 Å². The van der Waals surface area contributed by atoms with Gasteiger partial charge in [-0.15, -0.1) is 0 Å². The van der Waals surface area contributed by atoms with Gasteiger partial charge in [-0.25, -0.2) is 0 Å². The lowest BCUT2D eigenvalue weighted by Gasteiger charge is -2.07. The smallest absolute Gasteiger partial charge is 0.209 e. The van der Waals surface area contributed by atoms with Crippen molar-refractivity contribution in [3.05, 3.63) is 53.7 Å². The molecule has 0 aliphatic carbocycles. The number of H-pyrrole nitrogens is 1. The maximum absolute atomic E-state index is 12.7. The second kappa shape index (κ2) is 6.04. The number of hydrogen-bond acceptors (Lipinski definition) is 4. The largest absolute Gasteiger partial charge is 0.497 e. The van der Waals surface area contributed by atoms with Crippen LogP contribution in [0.1, 0.15) is 16.1 Å². The molecular formula is C18H17NO4. The molecule has 2 aromatic carbocycles. The molecule has 3 rings (SSSR count). The molecule has 0 radical (unpaired) electrons. The first-order chi connectivity index (χ1) is 11.1. The number of rotatable bonds is 5. The van der Waals surface area contributed by atoms with Gasteiger partial charge in [0.15, 0.2) is 0 Å². The molecule has 0 saturated heterocycles. The third kappa shape index (κ3) is 2.85. The Morgan fingerprint density at radius 2 is 1.48 bits per heavy atom. The van der Waals surface area contributed by atoms with E-state index in [1.807, 2.05) is 24.3 Å². The normalized spacial score (nSPS) is 10.6. The number of hydrogen-bond donors (Lipinski definition) is 1. The third-order valence-corrected chi connectivity index (χ3v) is 3.69. The highest BCUT2D eigenvalue weighted by molar-refractivity contribution is 6.10. The Morgan fingerprint density at radius 1 is 0.826 bits per heavy atom. The second-order valence-electron chi connectivity index (χ2n) is 5.07. The lowest BCUT2D eigenvalue weighted by Crippen LogP contribution is -2.02. The summed E-state index contributed by atoms with van der Waals surface area (Å²) < 4.78 is 15.6. The van der Waals surface area contributed by atoms with Crippen LogP contribution >= 0.6 is 0 Å². The maximum Gasteiger partial charge on any atom is 0.209 e. The van der Waals surface area contributed by atoms with Gasteiger partial charge >= 0.3 is 0 Å². The maximum atomic E-state index is 12.7. The Hall–Kier alpha value is -2.95. The predicted molar refractivity (Wildman–Crippen MR) is 87.8 cm³/mol. The lowest BCUT2D eigenvalue weighted by atomic mass is 10.1. The summed E-state index contributed by atoms with van der Waals surface area (Å²) in [5.41, 5.74) is 1.88. The molecule has 118 valence electrons. The minimum Gasteiger partial charge on any atom is -0.497 e. The molecule has 0 bridgehead atoms. The lowest BCUT2D eigenvalue weighted by molar-refractivity contribution is 0.103. The van der Waals surface area contributed by atoms with Gasteiger partial charge in [0.05, 0.1) is 27.0 Å². The van der Waals surface area contributed by atoms with Crippen molar-refractivity contribution in [2.24, 2.45) is 0 Å². The standard InChI is InChI=1S/C18H17NO4/c1-21-13-4-5-16-11(6-13)9-17(19-16)18(20)12-7-14(22-2)10-15(8-12)23-3/h4-10,19H,1-3H3. The Kier molecular flexibility index (Phi) is 3.93. The van der Waals surface area contributed by atoms with E-state index in [1.165, 1.54) is 0 Å². The number of nitrogens with one attached hydrogen (secondary N) is 1. The first kappa shape index (κ1) is 15.0. The molecule has 1 heterocycles. The van der Waals surface area contributed by atoms with E-state index in [2.05, 4.69) is 4.98 Å². The zero-order valence-electron chi connectivity index (χ0n) is 13.2. The van der Waals surface area contributed by atoms with Crippen LogP contribution in [0.2, 0.25) is 0 Å². The van der Waals surface area contributed by atoms with Crippen molar-refractivity contribution in [1.82, 2.24) is 4.98 Å². The summed E-state index contributed by atoms with van der Waals surface area (Å²) in [5.74, 6) is 1.77. The Labute approximate surface area is 133 Å². The molecule has 0 saturated carbocycles. The molecule has 0 aliphatic rings. The van der Waals surface area contributed by atoms with Crippen molar-refractivity contribution in [2.45, 2.75) is 0 Å². The van der Waals surface area contributed by atoms with Gasteiger partial charge in [0.25, 0.3) is 0 Å². The molecule has 5 nitrogen and oxygen atoms in total. The Bertz CT molecular complexity index is 844. The zero-order valence-corrected chi connectivity index (χ0v) is 13.2. The molecule has 1 aromatic heterocycles. The van der Waals surface area contributed by atoms with Gasteiger partial charge in [-0.3, -0.25) is 4.79 Å². The molecule has 0 aliphatic heterocycles. The average molecular weight is 311 g/mol. The van der Waals surface area contributed by atoms with Crippen LogP contribution in [0.4, 0.5) is 0 Å². The van der Waals surface area contributed by atoms with Crippen molar-refractivity contribution in [2.75, 3.05) is 21.3 Å². The van der Waals surface area contributed by atoms with Gasteiger partial charge in [0.2, 0.25) is 5.78 Å². The molecular weight excluding hydrogens is 294 g/mol. The fourth-order valence-corrected chi connectivity index (χ4v) is 2.45. The number of methoxy groups -OCH3 is 3. The number of aromatic nitrogens is 1. The summed E-state index contributed by atoms with van der Waals surface area (Å²) in [6.45, 7) is 0. The third-order valence-electron chi connectivity index (χ3n) is 3.69.